The smallest absolute Gasteiger partial charge is 0.338 e. The first-order chi connectivity index (χ1) is 12.5. The van der Waals surface area contributed by atoms with Crippen LogP contribution in [-0.4, -0.2) is 25.2 Å². The zero-order valence-electron chi connectivity index (χ0n) is 15.5. The molecule has 1 fully saturated rings. The van der Waals surface area contributed by atoms with Crippen molar-refractivity contribution in [2.75, 3.05) is 7.11 Å². The zero-order chi connectivity index (χ0) is 18.7. The van der Waals surface area contributed by atoms with Gasteiger partial charge in [-0.05, 0) is 38.2 Å². The maximum Gasteiger partial charge on any atom is 0.338 e. The third kappa shape index (κ3) is 3.84. The zero-order valence-corrected chi connectivity index (χ0v) is 15.5. The summed E-state index contributed by atoms with van der Waals surface area (Å²) in [5, 5.41) is 5.51. The molecule has 0 saturated heterocycles. The lowest BCUT2D eigenvalue weighted by molar-refractivity contribution is -0.146. The molecule has 0 aromatic heterocycles. The number of nitrogens with one attached hydrogen (secondary N) is 2. The standard InChI is InChI=1S/C20H26N2O4/c1-12-7-6-8-14(11-12)26-19(23)17-13(2)21-20(24)22-18(17)15-9-4-5-10-16(15)25-3/h4-5,9-10,12,14,18H,6-8,11H2,1-3H3,(H2,21,22,24)/t12-,14-,18-/m1/s1. The molecule has 0 unspecified atom stereocenters. The van der Waals surface area contributed by atoms with Crippen LogP contribution in [0.5, 0.6) is 5.75 Å². The van der Waals surface area contributed by atoms with E-state index in [1.54, 1.807) is 14.0 Å². The molecule has 0 bridgehead atoms. The Morgan fingerprint density at radius 3 is 2.73 bits per heavy atom. The average Bonchev–Trinajstić information content (AvgIpc) is 2.60. The average molecular weight is 358 g/mol. The van der Waals surface area contributed by atoms with Crippen molar-refractivity contribution in [2.45, 2.75) is 51.7 Å². The number of urea groups is 1. The van der Waals surface area contributed by atoms with Gasteiger partial charge in [-0.2, -0.15) is 0 Å². The fraction of sp³-hybridized carbons (Fsp3) is 0.500. The molecule has 3 atom stereocenters. The molecule has 3 rings (SSSR count). The summed E-state index contributed by atoms with van der Waals surface area (Å²) in [6.07, 6.45) is 3.96. The molecule has 1 aromatic carbocycles. The van der Waals surface area contributed by atoms with E-state index in [1.807, 2.05) is 24.3 Å². The lowest BCUT2D eigenvalue weighted by atomic mass is 9.88. The number of amides is 2. The summed E-state index contributed by atoms with van der Waals surface area (Å²) in [4.78, 5) is 25.0. The minimum atomic E-state index is -0.603. The minimum absolute atomic E-state index is 0.0671. The first-order valence-corrected chi connectivity index (χ1v) is 9.11. The van der Waals surface area contributed by atoms with Crippen molar-refractivity contribution in [3.63, 3.8) is 0 Å². The third-order valence-corrected chi connectivity index (χ3v) is 5.10. The molecule has 26 heavy (non-hydrogen) atoms. The second kappa shape index (κ2) is 7.81. The summed E-state index contributed by atoms with van der Waals surface area (Å²) in [5.74, 6) is 0.792. The molecule has 2 aliphatic rings. The number of carbonyl (C=O) groups is 2. The molecule has 2 amide bonds. The number of ether oxygens (including phenoxy) is 2. The summed E-state index contributed by atoms with van der Waals surface area (Å²) in [5.41, 5.74) is 1.67. The predicted molar refractivity (Wildman–Crippen MR) is 97.6 cm³/mol. The van der Waals surface area contributed by atoms with Gasteiger partial charge < -0.3 is 20.1 Å². The Morgan fingerprint density at radius 1 is 1.23 bits per heavy atom. The van der Waals surface area contributed by atoms with Crippen LogP contribution in [0.15, 0.2) is 35.5 Å². The number of methoxy groups -OCH3 is 1. The molecule has 140 valence electrons. The predicted octanol–water partition coefficient (Wildman–Crippen LogP) is 3.45. The lowest BCUT2D eigenvalue weighted by Gasteiger charge is -2.31. The van der Waals surface area contributed by atoms with E-state index in [0.29, 0.717) is 22.9 Å². The molecule has 2 N–H and O–H groups in total. The highest BCUT2D eigenvalue weighted by Crippen LogP contribution is 2.34. The van der Waals surface area contributed by atoms with Crippen LogP contribution < -0.4 is 15.4 Å². The number of rotatable bonds is 4. The highest BCUT2D eigenvalue weighted by atomic mass is 16.5. The van der Waals surface area contributed by atoms with Gasteiger partial charge in [-0.15, -0.1) is 0 Å². The Kier molecular flexibility index (Phi) is 5.49. The first kappa shape index (κ1) is 18.3. The molecule has 1 aromatic rings. The Balaban J connectivity index is 1.89. The van der Waals surface area contributed by atoms with E-state index in [0.717, 1.165) is 24.8 Å². The number of esters is 1. The van der Waals surface area contributed by atoms with E-state index in [9.17, 15) is 9.59 Å². The van der Waals surface area contributed by atoms with Crippen LogP contribution in [0.4, 0.5) is 4.79 Å². The maximum absolute atomic E-state index is 13.0. The topological polar surface area (TPSA) is 76.7 Å². The van der Waals surface area contributed by atoms with Gasteiger partial charge in [0, 0.05) is 11.3 Å². The lowest BCUT2D eigenvalue weighted by Crippen LogP contribution is -2.45. The highest BCUT2D eigenvalue weighted by Gasteiger charge is 2.35. The Labute approximate surface area is 153 Å². The van der Waals surface area contributed by atoms with E-state index in [4.69, 9.17) is 9.47 Å². The van der Waals surface area contributed by atoms with E-state index >= 15 is 0 Å². The molecule has 1 aliphatic carbocycles. The largest absolute Gasteiger partial charge is 0.496 e. The molecule has 1 saturated carbocycles. The van der Waals surface area contributed by atoms with Crippen molar-refractivity contribution in [1.29, 1.82) is 0 Å². The van der Waals surface area contributed by atoms with E-state index < -0.39 is 6.04 Å². The molecule has 1 aliphatic heterocycles. The third-order valence-electron chi connectivity index (χ3n) is 5.10. The Hall–Kier alpha value is -2.50. The number of benzene rings is 1. The van der Waals surface area contributed by atoms with Crippen LogP contribution in [0, 0.1) is 5.92 Å². The van der Waals surface area contributed by atoms with Crippen LogP contribution in [0.1, 0.15) is 51.1 Å². The van der Waals surface area contributed by atoms with E-state index in [1.165, 1.54) is 6.42 Å². The van der Waals surface area contributed by atoms with Gasteiger partial charge >= 0.3 is 12.0 Å². The van der Waals surface area contributed by atoms with Crippen LogP contribution >= 0.6 is 0 Å². The van der Waals surface area contributed by atoms with Gasteiger partial charge in [-0.1, -0.05) is 31.5 Å². The minimum Gasteiger partial charge on any atom is -0.496 e. The van der Waals surface area contributed by atoms with E-state index in [-0.39, 0.29) is 18.1 Å². The van der Waals surface area contributed by atoms with Gasteiger partial charge in [0.2, 0.25) is 0 Å². The molecule has 1 heterocycles. The summed E-state index contributed by atoms with van der Waals surface area (Å²) in [7, 11) is 1.57. The molecule has 6 heteroatoms. The van der Waals surface area contributed by atoms with Crippen molar-refractivity contribution in [3.8, 4) is 5.75 Å². The van der Waals surface area contributed by atoms with Gasteiger partial charge in [-0.25, -0.2) is 9.59 Å². The quantitative estimate of drug-likeness (QED) is 0.808. The summed E-state index contributed by atoms with van der Waals surface area (Å²) < 4.78 is 11.2. The number of hydrogen-bond donors (Lipinski definition) is 2. The first-order valence-electron chi connectivity index (χ1n) is 9.11. The Morgan fingerprint density at radius 2 is 2.00 bits per heavy atom. The fourth-order valence-corrected chi connectivity index (χ4v) is 3.80. The second-order valence-electron chi connectivity index (χ2n) is 7.11. The van der Waals surface area contributed by atoms with Crippen LogP contribution in [0.2, 0.25) is 0 Å². The Bertz CT molecular complexity index is 728. The summed E-state index contributed by atoms with van der Waals surface area (Å²) in [6.45, 7) is 3.91. The van der Waals surface area contributed by atoms with Crippen molar-refractivity contribution in [2.24, 2.45) is 5.92 Å². The number of para-hydroxylation sites is 1. The number of allylic oxidation sites excluding steroid dienone is 1. The van der Waals surface area contributed by atoms with Crippen molar-refractivity contribution < 1.29 is 19.1 Å². The fourth-order valence-electron chi connectivity index (χ4n) is 3.80. The normalized spacial score (nSPS) is 26.0. The van der Waals surface area contributed by atoms with Crippen molar-refractivity contribution in [3.05, 3.63) is 41.1 Å². The summed E-state index contributed by atoms with van der Waals surface area (Å²) in [6, 6.07) is 6.41. The second-order valence-corrected chi connectivity index (χ2v) is 7.11. The van der Waals surface area contributed by atoms with Crippen molar-refractivity contribution in [1.82, 2.24) is 10.6 Å². The molecular formula is C20H26N2O4. The number of hydrogen-bond acceptors (Lipinski definition) is 4. The monoisotopic (exact) mass is 358 g/mol. The maximum atomic E-state index is 13.0. The molecule has 6 nitrogen and oxygen atoms in total. The van der Waals surface area contributed by atoms with Gasteiger partial charge in [-0.3, -0.25) is 0 Å². The molecular weight excluding hydrogens is 332 g/mol. The van der Waals surface area contributed by atoms with Crippen LogP contribution in [0.25, 0.3) is 0 Å². The summed E-state index contributed by atoms with van der Waals surface area (Å²) >= 11 is 0. The highest BCUT2D eigenvalue weighted by molar-refractivity contribution is 5.95. The van der Waals surface area contributed by atoms with E-state index in [2.05, 4.69) is 17.6 Å². The van der Waals surface area contributed by atoms with Crippen LogP contribution in [-0.2, 0) is 9.53 Å². The van der Waals surface area contributed by atoms with Gasteiger partial charge in [0.05, 0.1) is 18.7 Å². The van der Waals surface area contributed by atoms with Gasteiger partial charge in [0.25, 0.3) is 0 Å². The molecule has 0 radical (unpaired) electrons. The van der Waals surface area contributed by atoms with Crippen molar-refractivity contribution >= 4 is 12.0 Å². The van der Waals surface area contributed by atoms with Crippen LogP contribution in [0.3, 0.4) is 0 Å². The number of carbonyl (C=O) groups excluding carboxylic acids is 2. The van der Waals surface area contributed by atoms with Gasteiger partial charge in [0.1, 0.15) is 11.9 Å². The SMILES string of the molecule is COc1ccccc1[C@H]1NC(=O)NC(C)=C1C(=O)O[C@@H]1CCC[C@@H](C)C1. The van der Waals surface area contributed by atoms with Gasteiger partial charge in [0.15, 0.2) is 0 Å². The molecule has 0 spiro atoms.